The fourth-order valence-electron chi connectivity index (χ4n) is 1.54. The van der Waals surface area contributed by atoms with Gasteiger partial charge in [-0.25, -0.2) is 0 Å². The summed E-state index contributed by atoms with van der Waals surface area (Å²) in [6, 6.07) is 9.19. The van der Waals surface area contributed by atoms with Crippen molar-refractivity contribution in [2.45, 2.75) is 20.0 Å². The van der Waals surface area contributed by atoms with E-state index in [4.69, 9.17) is 0 Å². The minimum absolute atomic E-state index is 0.0603. The normalized spacial score (nSPS) is 10.2. The highest BCUT2D eigenvalue weighted by atomic mass is 16.1. The molecule has 0 aliphatic rings. The molecule has 0 atom stereocenters. The second kappa shape index (κ2) is 5.30. The van der Waals surface area contributed by atoms with Gasteiger partial charge in [-0.15, -0.1) is 0 Å². The molecule has 2 aromatic rings. The zero-order chi connectivity index (χ0) is 12.1. The van der Waals surface area contributed by atoms with Gasteiger partial charge in [0.25, 0.3) is 5.91 Å². The Bertz CT molecular complexity index is 490. The summed E-state index contributed by atoms with van der Waals surface area (Å²) >= 11 is 0. The topological polar surface area (TPSA) is 46.9 Å². The summed E-state index contributed by atoms with van der Waals surface area (Å²) in [7, 11) is 0. The third kappa shape index (κ3) is 2.93. The van der Waals surface area contributed by atoms with E-state index >= 15 is 0 Å². The van der Waals surface area contributed by atoms with E-state index in [1.165, 1.54) is 0 Å². The van der Waals surface area contributed by atoms with E-state index < -0.39 is 0 Å². The van der Waals surface area contributed by atoms with E-state index in [-0.39, 0.29) is 5.91 Å². The third-order valence-corrected chi connectivity index (χ3v) is 2.50. The molecule has 1 aromatic heterocycles. The first-order valence-corrected chi connectivity index (χ1v) is 5.64. The van der Waals surface area contributed by atoms with E-state index in [1.807, 2.05) is 36.0 Å². The molecule has 0 unspecified atom stereocenters. The van der Waals surface area contributed by atoms with Gasteiger partial charge in [-0.3, -0.25) is 9.48 Å². The van der Waals surface area contributed by atoms with Crippen LogP contribution in [0.5, 0.6) is 0 Å². The highest BCUT2D eigenvalue weighted by Gasteiger charge is 2.04. The van der Waals surface area contributed by atoms with Crippen molar-refractivity contribution in [1.82, 2.24) is 15.1 Å². The fourth-order valence-corrected chi connectivity index (χ4v) is 1.54. The number of carbonyl (C=O) groups excluding carboxylic acids is 1. The van der Waals surface area contributed by atoms with Crippen LogP contribution in [0.4, 0.5) is 0 Å². The summed E-state index contributed by atoms with van der Waals surface area (Å²) in [5.74, 6) is -0.0603. The van der Waals surface area contributed by atoms with Crippen molar-refractivity contribution in [2.24, 2.45) is 0 Å². The molecule has 1 amide bonds. The minimum Gasteiger partial charge on any atom is -0.348 e. The number of amides is 1. The molecule has 0 fully saturated rings. The van der Waals surface area contributed by atoms with Crippen LogP contribution in [0.15, 0.2) is 42.7 Å². The smallest absolute Gasteiger partial charge is 0.251 e. The van der Waals surface area contributed by atoms with Gasteiger partial charge in [0.15, 0.2) is 0 Å². The molecule has 0 bridgehead atoms. The number of nitrogens with one attached hydrogen (secondary N) is 1. The molecular weight excluding hydrogens is 214 g/mol. The molecule has 4 heteroatoms. The van der Waals surface area contributed by atoms with E-state index in [9.17, 15) is 4.79 Å². The van der Waals surface area contributed by atoms with E-state index in [2.05, 4.69) is 10.4 Å². The van der Waals surface area contributed by atoms with E-state index in [0.717, 1.165) is 12.1 Å². The molecule has 4 nitrogen and oxygen atoms in total. The molecule has 0 spiro atoms. The predicted molar refractivity (Wildman–Crippen MR) is 65.5 cm³/mol. The maximum atomic E-state index is 11.8. The van der Waals surface area contributed by atoms with Crippen LogP contribution >= 0.6 is 0 Å². The summed E-state index contributed by atoms with van der Waals surface area (Å²) in [6.07, 6.45) is 3.71. The first-order chi connectivity index (χ1) is 8.29. The SMILES string of the molecule is CCn1cc(CNC(=O)c2ccccc2)cn1. The summed E-state index contributed by atoms with van der Waals surface area (Å²) < 4.78 is 1.84. The monoisotopic (exact) mass is 229 g/mol. The molecule has 0 saturated heterocycles. The number of aryl methyl sites for hydroxylation is 1. The Morgan fingerprint density at radius 2 is 2.12 bits per heavy atom. The molecule has 0 saturated carbocycles. The zero-order valence-corrected chi connectivity index (χ0v) is 9.76. The van der Waals surface area contributed by atoms with Crippen LogP contribution in [-0.2, 0) is 13.1 Å². The summed E-state index contributed by atoms with van der Waals surface area (Å²) in [5.41, 5.74) is 1.69. The molecule has 17 heavy (non-hydrogen) atoms. The Labute approximate surface area is 100 Å². The van der Waals surface area contributed by atoms with Gasteiger partial charge in [-0.05, 0) is 19.1 Å². The minimum atomic E-state index is -0.0603. The number of hydrogen-bond donors (Lipinski definition) is 1. The van der Waals surface area contributed by atoms with Crippen molar-refractivity contribution in [3.8, 4) is 0 Å². The lowest BCUT2D eigenvalue weighted by molar-refractivity contribution is 0.0951. The molecule has 0 aliphatic carbocycles. The van der Waals surface area contributed by atoms with Crippen LogP contribution in [0, 0.1) is 0 Å². The number of rotatable bonds is 4. The van der Waals surface area contributed by atoms with Crippen molar-refractivity contribution in [2.75, 3.05) is 0 Å². The summed E-state index contributed by atoms with van der Waals surface area (Å²) in [6.45, 7) is 3.37. The van der Waals surface area contributed by atoms with Gasteiger partial charge >= 0.3 is 0 Å². The Hall–Kier alpha value is -2.10. The Morgan fingerprint density at radius 1 is 1.35 bits per heavy atom. The molecule has 0 aliphatic heterocycles. The van der Waals surface area contributed by atoms with Crippen molar-refractivity contribution in [1.29, 1.82) is 0 Å². The molecule has 0 radical (unpaired) electrons. The van der Waals surface area contributed by atoms with Gasteiger partial charge in [0.05, 0.1) is 6.20 Å². The van der Waals surface area contributed by atoms with Gasteiger partial charge in [-0.1, -0.05) is 18.2 Å². The van der Waals surface area contributed by atoms with E-state index in [1.54, 1.807) is 18.3 Å². The number of hydrogen-bond acceptors (Lipinski definition) is 2. The maximum Gasteiger partial charge on any atom is 0.251 e. The van der Waals surface area contributed by atoms with Crippen molar-refractivity contribution in [3.63, 3.8) is 0 Å². The van der Waals surface area contributed by atoms with Crippen LogP contribution in [0.25, 0.3) is 0 Å². The molecule has 88 valence electrons. The second-order valence-electron chi connectivity index (χ2n) is 3.75. The van der Waals surface area contributed by atoms with Gasteiger partial charge in [-0.2, -0.15) is 5.10 Å². The predicted octanol–water partition coefficient (Wildman–Crippen LogP) is 1.83. The lowest BCUT2D eigenvalue weighted by Gasteiger charge is -2.02. The van der Waals surface area contributed by atoms with E-state index in [0.29, 0.717) is 12.1 Å². The average Bonchev–Trinajstić information content (AvgIpc) is 2.85. The van der Waals surface area contributed by atoms with Gasteiger partial charge in [0.2, 0.25) is 0 Å². The van der Waals surface area contributed by atoms with Gasteiger partial charge < -0.3 is 5.32 Å². The summed E-state index contributed by atoms with van der Waals surface area (Å²) in [4.78, 5) is 11.8. The lowest BCUT2D eigenvalue weighted by atomic mass is 10.2. The Morgan fingerprint density at radius 3 is 2.76 bits per heavy atom. The van der Waals surface area contributed by atoms with Crippen LogP contribution in [0.3, 0.4) is 0 Å². The Kier molecular flexibility index (Phi) is 3.55. The number of carbonyl (C=O) groups is 1. The maximum absolute atomic E-state index is 11.8. The lowest BCUT2D eigenvalue weighted by Crippen LogP contribution is -2.22. The van der Waals surface area contributed by atoms with Gasteiger partial charge in [0, 0.05) is 30.4 Å². The largest absolute Gasteiger partial charge is 0.348 e. The Balaban J connectivity index is 1.92. The molecule has 1 aromatic carbocycles. The number of aromatic nitrogens is 2. The molecular formula is C13H15N3O. The average molecular weight is 229 g/mol. The van der Waals surface area contributed by atoms with Crippen molar-refractivity contribution >= 4 is 5.91 Å². The number of benzene rings is 1. The molecule has 2 rings (SSSR count). The second-order valence-corrected chi connectivity index (χ2v) is 3.75. The first-order valence-electron chi connectivity index (χ1n) is 5.64. The van der Waals surface area contributed by atoms with Crippen molar-refractivity contribution < 1.29 is 4.79 Å². The van der Waals surface area contributed by atoms with Gasteiger partial charge in [0.1, 0.15) is 0 Å². The first kappa shape index (κ1) is 11.4. The standard InChI is InChI=1S/C13H15N3O/c1-2-16-10-11(9-15-16)8-14-13(17)12-6-4-3-5-7-12/h3-7,9-10H,2,8H2,1H3,(H,14,17). The number of nitrogens with zero attached hydrogens (tertiary/aromatic N) is 2. The van der Waals surface area contributed by atoms with Crippen LogP contribution in [-0.4, -0.2) is 15.7 Å². The summed E-state index contributed by atoms with van der Waals surface area (Å²) in [5, 5.41) is 7.01. The highest BCUT2D eigenvalue weighted by molar-refractivity contribution is 5.94. The molecule has 1 N–H and O–H groups in total. The fraction of sp³-hybridized carbons (Fsp3) is 0.231. The van der Waals surface area contributed by atoms with Crippen LogP contribution in [0.2, 0.25) is 0 Å². The van der Waals surface area contributed by atoms with Crippen LogP contribution in [0.1, 0.15) is 22.8 Å². The molecule has 1 heterocycles. The van der Waals surface area contributed by atoms with Crippen molar-refractivity contribution in [3.05, 3.63) is 53.9 Å². The zero-order valence-electron chi connectivity index (χ0n) is 9.76. The quantitative estimate of drug-likeness (QED) is 0.869. The highest BCUT2D eigenvalue weighted by Crippen LogP contribution is 2.00. The third-order valence-electron chi connectivity index (χ3n) is 2.50. The van der Waals surface area contributed by atoms with Crippen LogP contribution < -0.4 is 5.32 Å².